The third-order valence-electron chi connectivity index (χ3n) is 2.76. The summed E-state index contributed by atoms with van der Waals surface area (Å²) >= 11 is 6.11. The summed E-state index contributed by atoms with van der Waals surface area (Å²) in [4.78, 5) is 15.3. The molecule has 2 aromatic rings. The van der Waals surface area contributed by atoms with Crippen LogP contribution >= 0.6 is 11.6 Å². The first-order valence-corrected chi connectivity index (χ1v) is 5.81. The van der Waals surface area contributed by atoms with E-state index in [1.54, 1.807) is 25.3 Å². The van der Waals surface area contributed by atoms with Gasteiger partial charge in [0.1, 0.15) is 5.75 Å². The minimum atomic E-state index is -0.0678. The first-order valence-electron chi connectivity index (χ1n) is 5.44. The van der Waals surface area contributed by atoms with Gasteiger partial charge in [-0.05, 0) is 18.1 Å². The van der Waals surface area contributed by atoms with Crippen molar-refractivity contribution in [3.63, 3.8) is 0 Å². The van der Waals surface area contributed by atoms with Gasteiger partial charge in [0.2, 0.25) is 0 Å². The van der Waals surface area contributed by atoms with Gasteiger partial charge in [0.15, 0.2) is 5.43 Å². The van der Waals surface area contributed by atoms with E-state index in [1.807, 2.05) is 13.8 Å². The van der Waals surface area contributed by atoms with Gasteiger partial charge in [-0.15, -0.1) is 0 Å². The molecule has 1 aromatic heterocycles. The van der Waals surface area contributed by atoms with E-state index in [2.05, 4.69) is 4.98 Å². The van der Waals surface area contributed by atoms with Crippen LogP contribution in [0.15, 0.2) is 23.0 Å². The van der Waals surface area contributed by atoms with E-state index in [9.17, 15) is 4.79 Å². The lowest BCUT2D eigenvalue weighted by atomic mass is 10.1. The number of hydrogen-bond acceptors (Lipinski definition) is 2. The second-order valence-corrected chi connectivity index (χ2v) is 4.65. The maximum absolute atomic E-state index is 12.1. The molecule has 1 N–H and O–H groups in total. The summed E-state index contributed by atoms with van der Waals surface area (Å²) < 4.78 is 5.18. The zero-order chi connectivity index (χ0) is 12.6. The molecule has 2 rings (SSSR count). The number of rotatable bonds is 2. The Kier molecular flexibility index (Phi) is 3.11. The molecule has 0 unspecified atom stereocenters. The van der Waals surface area contributed by atoms with Crippen molar-refractivity contribution >= 4 is 22.5 Å². The number of H-pyrrole nitrogens is 1. The van der Waals surface area contributed by atoms with E-state index < -0.39 is 0 Å². The zero-order valence-corrected chi connectivity index (χ0v) is 10.8. The molecule has 90 valence electrons. The van der Waals surface area contributed by atoms with Gasteiger partial charge in [0.25, 0.3) is 0 Å². The molecule has 0 radical (unpaired) electrons. The Hall–Kier alpha value is -1.48. The van der Waals surface area contributed by atoms with Gasteiger partial charge in [0.05, 0.1) is 23.0 Å². The van der Waals surface area contributed by atoms with Crippen LogP contribution in [-0.4, -0.2) is 12.1 Å². The third-order valence-corrected chi connectivity index (χ3v) is 3.08. The fourth-order valence-corrected chi connectivity index (χ4v) is 2.00. The van der Waals surface area contributed by atoms with Crippen molar-refractivity contribution < 1.29 is 4.74 Å². The Bertz CT molecular complexity index is 617. The molecule has 0 saturated heterocycles. The average molecular weight is 252 g/mol. The molecule has 0 saturated carbocycles. The third kappa shape index (κ3) is 2.03. The molecule has 0 fully saturated rings. The molecule has 0 spiro atoms. The molecule has 0 bridgehead atoms. The molecule has 3 nitrogen and oxygen atoms in total. The average Bonchev–Trinajstić information content (AvgIpc) is 2.30. The van der Waals surface area contributed by atoms with Crippen molar-refractivity contribution in [3.8, 4) is 5.75 Å². The van der Waals surface area contributed by atoms with Crippen LogP contribution in [0.1, 0.15) is 25.5 Å². The molecule has 4 heteroatoms. The molecule has 0 aliphatic rings. The number of hydrogen-bond donors (Lipinski definition) is 1. The predicted molar refractivity (Wildman–Crippen MR) is 70.2 cm³/mol. The van der Waals surface area contributed by atoms with Gasteiger partial charge in [-0.3, -0.25) is 4.79 Å². The number of aromatic amines is 1. The topological polar surface area (TPSA) is 42.1 Å². The van der Waals surface area contributed by atoms with Gasteiger partial charge in [0, 0.05) is 11.8 Å². The van der Waals surface area contributed by atoms with Crippen LogP contribution in [0.3, 0.4) is 0 Å². The van der Waals surface area contributed by atoms with Gasteiger partial charge >= 0.3 is 0 Å². The van der Waals surface area contributed by atoms with E-state index in [0.29, 0.717) is 21.7 Å². The number of halogens is 1. The number of ether oxygens (including phenoxy) is 1. The second kappa shape index (κ2) is 4.41. The second-order valence-electron chi connectivity index (χ2n) is 4.24. The number of aromatic nitrogens is 1. The minimum Gasteiger partial charge on any atom is -0.496 e. The molecule has 17 heavy (non-hydrogen) atoms. The Labute approximate surface area is 104 Å². The van der Waals surface area contributed by atoms with E-state index >= 15 is 0 Å². The van der Waals surface area contributed by atoms with Crippen molar-refractivity contribution in [2.24, 2.45) is 0 Å². The number of fused-ring (bicyclic) bond motifs is 1. The van der Waals surface area contributed by atoms with Crippen LogP contribution in [0.25, 0.3) is 10.9 Å². The fraction of sp³-hybridized carbons (Fsp3) is 0.308. The van der Waals surface area contributed by atoms with Crippen LogP contribution in [-0.2, 0) is 0 Å². The molecule has 0 aliphatic heterocycles. The van der Waals surface area contributed by atoms with E-state index in [1.165, 1.54) is 0 Å². The summed E-state index contributed by atoms with van der Waals surface area (Å²) in [5, 5.41) is 1.03. The van der Waals surface area contributed by atoms with Crippen molar-refractivity contribution in [1.29, 1.82) is 0 Å². The first kappa shape index (κ1) is 12.0. The zero-order valence-electron chi connectivity index (χ0n) is 10.0. The molecule has 1 heterocycles. The Morgan fingerprint density at radius 2 is 2.06 bits per heavy atom. The Morgan fingerprint density at radius 1 is 1.35 bits per heavy atom. The molecular weight excluding hydrogens is 238 g/mol. The van der Waals surface area contributed by atoms with Crippen molar-refractivity contribution in [2.45, 2.75) is 19.8 Å². The van der Waals surface area contributed by atoms with Crippen LogP contribution in [0.2, 0.25) is 5.02 Å². The predicted octanol–water partition coefficient (Wildman–Crippen LogP) is 3.31. The monoisotopic (exact) mass is 251 g/mol. The lowest BCUT2D eigenvalue weighted by Gasteiger charge is -2.10. The molecule has 1 aromatic carbocycles. The van der Waals surface area contributed by atoms with Crippen molar-refractivity contribution in [2.75, 3.05) is 7.11 Å². The lowest BCUT2D eigenvalue weighted by molar-refractivity contribution is 0.419. The maximum atomic E-state index is 12.1. The molecule has 0 atom stereocenters. The molecule has 0 aliphatic carbocycles. The fourth-order valence-electron chi connectivity index (χ4n) is 1.80. The highest BCUT2D eigenvalue weighted by Crippen LogP contribution is 2.28. The normalized spacial score (nSPS) is 11.1. The first-order chi connectivity index (χ1) is 8.04. The molecule has 0 amide bonds. The number of pyridine rings is 1. The smallest absolute Gasteiger partial charge is 0.193 e. The summed E-state index contributed by atoms with van der Waals surface area (Å²) in [5.74, 6) is 0.787. The SMILES string of the molecule is COc1ccc(Cl)c2[nH]c(C(C)C)cc(=O)c12. The maximum Gasteiger partial charge on any atom is 0.193 e. The highest BCUT2D eigenvalue weighted by molar-refractivity contribution is 6.35. The van der Waals surface area contributed by atoms with Gasteiger partial charge in [-0.25, -0.2) is 0 Å². The van der Waals surface area contributed by atoms with Crippen LogP contribution in [0.5, 0.6) is 5.75 Å². The lowest BCUT2D eigenvalue weighted by Crippen LogP contribution is -2.08. The van der Waals surface area contributed by atoms with Gasteiger partial charge < -0.3 is 9.72 Å². The summed E-state index contributed by atoms with van der Waals surface area (Å²) in [7, 11) is 1.54. The van der Waals surface area contributed by atoms with Gasteiger partial charge in [-0.1, -0.05) is 25.4 Å². The Balaban J connectivity index is 2.89. The largest absolute Gasteiger partial charge is 0.496 e. The highest BCUT2D eigenvalue weighted by Gasteiger charge is 2.12. The van der Waals surface area contributed by atoms with Crippen LogP contribution in [0, 0.1) is 0 Å². The van der Waals surface area contributed by atoms with E-state index in [-0.39, 0.29) is 11.3 Å². The Morgan fingerprint density at radius 3 is 2.65 bits per heavy atom. The summed E-state index contributed by atoms with van der Waals surface area (Å²) in [6, 6.07) is 5.03. The van der Waals surface area contributed by atoms with Crippen molar-refractivity contribution in [1.82, 2.24) is 4.98 Å². The summed E-state index contributed by atoms with van der Waals surface area (Å²) in [6.07, 6.45) is 0. The van der Waals surface area contributed by atoms with E-state index in [0.717, 1.165) is 5.69 Å². The van der Waals surface area contributed by atoms with Gasteiger partial charge in [-0.2, -0.15) is 0 Å². The van der Waals surface area contributed by atoms with Crippen LogP contribution in [0.4, 0.5) is 0 Å². The van der Waals surface area contributed by atoms with Crippen molar-refractivity contribution in [3.05, 3.63) is 39.1 Å². The summed E-state index contributed by atoms with van der Waals surface area (Å²) in [6.45, 7) is 4.04. The molecular formula is C13H14ClNO2. The number of benzene rings is 1. The number of methoxy groups -OCH3 is 1. The van der Waals surface area contributed by atoms with E-state index in [4.69, 9.17) is 16.3 Å². The van der Waals surface area contributed by atoms with Crippen LogP contribution < -0.4 is 10.2 Å². The standard InChI is InChI=1S/C13H14ClNO2/c1-7(2)9-6-10(16)12-11(17-3)5-4-8(14)13(12)15-9/h4-7H,1-3H3,(H,15,16). The minimum absolute atomic E-state index is 0.0678. The quantitative estimate of drug-likeness (QED) is 0.890. The summed E-state index contributed by atoms with van der Waals surface area (Å²) in [5.41, 5.74) is 1.45. The highest BCUT2D eigenvalue weighted by atomic mass is 35.5. The number of nitrogens with one attached hydrogen (secondary N) is 1.